The molecule has 1 N–H and O–H groups in total. The summed E-state index contributed by atoms with van der Waals surface area (Å²) in [6, 6.07) is 5.83. The van der Waals surface area contributed by atoms with Crippen molar-refractivity contribution in [1.82, 2.24) is 29.5 Å². The van der Waals surface area contributed by atoms with Gasteiger partial charge >= 0.3 is 0 Å². The summed E-state index contributed by atoms with van der Waals surface area (Å²) in [6.07, 6.45) is 2.83. The Balaban J connectivity index is 1.57. The minimum atomic E-state index is -0.776. The lowest BCUT2D eigenvalue weighted by Gasteiger charge is -2.29. The monoisotopic (exact) mass is 367 g/mol. The van der Waals surface area contributed by atoms with Crippen molar-refractivity contribution in [2.24, 2.45) is 7.05 Å². The van der Waals surface area contributed by atoms with E-state index in [1.165, 1.54) is 0 Å². The molecule has 3 aromatic rings. The maximum Gasteiger partial charge on any atom is 0.139 e. The fourth-order valence-electron chi connectivity index (χ4n) is 3.53. The lowest BCUT2D eigenvalue weighted by molar-refractivity contribution is 0.203. The molecule has 0 aromatic carbocycles. The maximum atomic E-state index is 10.7. The molecule has 0 bridgehead atoms. The maximum absolute atomic E-state index is 10.7. The van der Waals surface area contributed by atoms with E-state index < -0.39 is 6.10 Å². The van der Waals surface area contributed by atoms with Gasteiger partial charge in [-0.05, 0) is 25.5 Å². The second kappa shape index (κ2) is 7.11. The second-order valence-corrected chi connectivity index (χ2v) is 7.02. The Hall–Kier alpha value is -2.74. The summed E-state index contributed by atoms with van der Waals surface area (Å²) in [5.74, 6) is 1.87. The first-order valence-corrected chi connectivity index (χ1v) is 9.37. The van der Waals surface area contributed by atoms with Crippen LogP contribution in [0.1, 0.15) is 48.0 Å². The van der Waals surface area contributed by atoms with Crippen LogP contribution >= 0.6 is 0 Å². The zero-order chi connectivity index (χ0) is 19.0. The number of aromatic nitrogens is 6. The molecule has 0 fully saturated rings. The van der Waals surface area contributed by atoms with E-state index in [2.05, 4.69) is 27.0 Å². The van der Waals surface area contributed by atoms with E-state index in [0.717, 1.165) is 54.7 Å². The third kappa shape index (κ3) is 3.44. The highest BCUT2D eigenvalue weighted by atomic mass is 16.3. The first-order valence-electron chi connectivity index (χ1n) is 9.37. The zero-order valence-corrected chi connectivity index (χ0v) is 16.0. The van der Waals surface area contributed by atoms with Crippen molar-refractivity contribution in [3.63, 3.8) is 0 Å². The molecule has 1 aliphatic heterocycles. The van der Waals surface area contributed by atoms with E-state index in [9.17, 15) is 5.11 Å². The topological polar surface area (TPSA) is 84.9 Å². The Morgan fingerprint density at radius 1 is 1.22 bits per heavy atom. The zero-order valence-electron chi connectivity index (χ0n) is 16.0. The number of fused-ring (bicyclic) bond motifs is 1. The second-order valence-electron chi connectivity index (χ2n) is 7.02. The molecular formula is C19H25N7O. The summed E-state index contributed by atoms with van der Waals surface area (Å²) < 4.78 is 3.65. The molecule has 1 aliphatic rings. The number of anilines is 1. The molecule has 0 saturated heterocycles. The Morgan fingerprint density at radius 3 is 2.81 bits per heavy atom. The largest absolute Gasteiger partial charge is 0.380 e. The minimum Gasteiger partial charge on any atom is -0.380 e. The predicted octanol–water partition coefficient (Wildman–Crippen LogP) is 1.77. The highest BCUT2D eigenvalue weighted by molar-refractivity contribution is 5.41. The van der Waals surface area contributed by atoms with Gasteiger partial charge in [0.1, 0.15) is 17.7 Å². The first-order chi connectivity index (χ1) is 13.0. The fourth-order valence-corrected chi connectivity index (χ4v) is 3.53. The van der Waals surface area contributed by atoms with Gasteiger partial charge in [0.15, 0.2) is 0 Å². The van der Waals surface area contributed by atoms with Crippen molar-refractivity contribution in [3.05, 3.63) is 53.0 Å². The van der Waals surface area contributed by atoms with Crippen LogP contribution in [0.2, 0.25) is 0 Å². The number of rotatable bonds is 5. The van der Waals surface area contributed by atoms with E-state index in [1.54, 1.807) is 10.9 Å². The van der Waals surface area contributed by atoms with Crippen LogP contribution in [-0.2, 0) is 26.6 Å². The smallest absolute Gasteiger partial charge is 0.139 e. The van der Waals surface area contributed by atoms with E-state index >= 15 is 0 Å². The van der Waals surface area contributed by atoms with Gasteiger partial charge in [-0.1, -0.05) is 6.92 Å². The van der Waals surface area contributed by atoms with Crippen LogP contribution in [0.25, 0.3) is 0 Å². The van der Waals surface area contributed by atoms with Gasteiger partial charge < -0.3 is 10.0 Å². The van der Waals surface area contributed by atoms with Gasteiger partial charge in [0, 0.05) is 38.0 Å². The van der Waals surface area contributed by atoms with Crippen molar-refractivity contribution < 1.29 is 5.11 Å². The molecule has 0 unspecified atom stereocenters. The number of aliphatic hydroxyl groups is 1. The average Bonchev–Trinajstić information content (AvgIpc) is 3.26. The van der Waals surface area contributed by atoms with Gasteiger partial charge in [0.25, 0.3) is 0 Å². The van der Waals surface area contributed by atoms with Crippen molar-refractivity contribution in [1.29, 1.82) is 0 Å². The van der Waals surface area contributed by atoms with Gasteiger partial charge in [-0.2, -0.15) is 10.2 Å². The fraction of sp³-hybridized carbons (Fsp3) is 0.474. The van der Waals surface area contributed by atoms with E-state index in [-0.39, 0.29) is 0 Å². The highest BCUT2D eigenvalue weighted by Gasteiger charge is 2.24. The number of aliphatic hydroxyl groups excluding tert-OH is 1. The lowest BCUT2D eigenvalue weighted by atomic mass is 10.1. The molecule has 0 radical (unpaired) electrons. The van der Waals surface area contributed by atoms with Crippen molar-refractivity contribution in [3.8, 4) is 0 Å². The van der Waals surface area contributed by atoms with Gasteiger partial charge in [0.05, 0.1) is 30.2 Å². The van der Waals surface area contributed by atoms with E-state index in [0.29, 0.717) is 12.2 Å². The average molecular weight is 367 g/mol. The standard InChI is InChI=1S/C19H25N7O/c1-4-5-17-21-13(2)10-18(22-17)25-8-9-26-14(12-25)11-15(23-26)19(27)16-6-7-20-24(16)3/h6-7,10-11,19,27H,4-5,8-9,12H2,1-3H3/t19-/m0/s1. The Labute approximate surface area is 158 Å². The molecule has 4 heterocycles. The van der Waals surface area contributed by atoms with Gasteiger partial charge in [-0.25, -0.2) is 9.97 Å². The summed E-state index contributed by atoms with van der Waals surface area (Å²) in [4.78, 5) is 11.5. The number of nitrogens with zero attached hydrogens (tertiary/aromatic N) is 7. The summed E-state index contributed by atoms with van der Waals surface area (Å²) >= 11 is 0. The Kier molecular flexibility index (Phi) is 4.65. The third-order valence-corrected chi connectivity index (χ3v) is 4.92. The SMILES string of the molecule is CCCc1nc(C)cc(N2CCn3nc([C@H](O)c4ccnn4C)cc3C2)n1. The van der Waals surface area contributed by atoms with Crippen molar-refractivity contribution in [2.75, 3.05) is 11.4 Å². The van der Waals surface area contributed by atoms with Crippen LogP contribution in [-0.4, -0.2) is 41.2 Å². The van der Waals surface area contributed by atoms with Crippen LogP contribution in [0.5, 0.6) is 0 Å². The number of hydrogen-bond acceptors (Lipinski definition) is 6. The Morgan fingerprint density at radius 2 is 2.07 bits per heavy atom. The highest BCUT2D eigenvalue weighted by Crippen LogP contribution is 2.25. The summed E-state index contributed by atoms with van der Waals surface area (Å²) in [5, 5.41) is 19.4. The minimum absolute atomic E-state index is 0.654. The van der Waals surface area contributed by atoms with Crippen LogP contribution < -0.4 is 4.90 Å². The molecule has 0 amide bonds. The molecule has 1 atom stereocenters. The summed E-state index contributed by atoms with van der Waals surface area (Å²) in [6.45, 7) is 6.46. The predicted molar refractivity (Wildman–Crippen MR) is 101 cm³/mol. The molecule has 3 aromatic heterocycles. The lowest BCUT2D eigenvalue weighted by Crippen LogP contribution is -2.34. The van der Waals surface area contributed by atoms with Gasteiger partial charge in [-0.3, -0.25) is 9.36 Å². The number of hydrogen-bond donors (Lipinski definition) is 1. The first kappa shape index (κ1) is 17.7. The van der Waals surface area contributed by atoms with Crippen LogP contribution in [0.4, 0.5) is 5.82 Å². The normalized spacial score (nSPS) is 15.0. The van der Waals surface area contributed by atoms with Gasteiger partial charge in [0.2, 0.25) is 0 Å². The molecule has 142 valence electrons. The molecular weight excluding hydrogens is 342 g/mol. The molecule has 0 saturated carbocycles. The Bertz CT molecular complexity index is 945. The van der Waals surface area contributed by atoms with Crippen molar-refractivity contribution >= 4 is 5.82 Å². The number of aryl methyl sites for hydroxylation is 3. The van der Waals surface area contributed by atoms with E-state index in [4.69, 9.17) is 4.98 Å². The summed E-state index contributed by atoms with van der Waals surface area (Å²) in [5.41, 5.74) is 3.46. The van der Waals surface area contributed by atoms with Crippen LogP contribution in [0, 0.1) is 6.92 Å². The van der Waals surface area contributed by atoms with Gasteiger partial charge in [-0.15, -0.1) is 0 Å². The molecule has 4 rings (SSSR count). The van der Waals surface area contributed by atoms with Crippen LogP contribution in [0.3, 0.4) is 0 Å². The molecule has 8 heteroatoms. The molecule has 8 nitrogen and oxygen atoms in total. The molecule has 0 spiro atoms. The quantitative estimate of drug-likeness (QED) is 0.740. The van der Waals surface area contributed by atoms with E-state index in [1.807, 2.05) is 36.9 Å². The summed E-state index contributed by atoms with van der Waals surface area (Å²) in [7, 11) is 1.82. The molecule has 27 heavy (non-hydrogen) atoms. The van der Waals surface area contributed by atoms with Crippen molar-refractivity contribution in [2.45, 2.75) is 45.9 Å². The third-order valence-electron chi connectivity index (χ3n) is 4.92. The molecule has 0 aliphatic carbocycles. The van der Waals surface area contributed by atoms with Crippen LogP contribution in [0.15, 0.2) is 24.4 Å².